The zero-order valence-corrected chi connectivity index (χ0v) is 27.9. The van der Waals surface area contributed by atoms with Crippen LogP contribution in [-0.2, 0) is 32.6 Å². The van der Waals surface area contributed by atoms with E-state index in [0.717, 1.165) is 5.54 Å². The number of hydrogen-bond donors (Lipinski definition) is 0. The maximum absolute atomic E-state index is 2.51. The van der Waals surface area contributed by atoms with Crippen LogP contribution in [0.1, 0.15) is 67.1 Å². The Kier molecular flexibility index (Phi) is 10.8. The maximum Gasteiger partial charge on any atom is 3.00 e. The van der Waals surface area contributed by atoms with Crippen LogP contribution < -0.4 is 24.8 Å². The van der Waals surface area contributed by atoms with Crippen molar-refractivity contribution in [1.82, 2.24) is 0 Å². The average Bonchev–Trinajstić information content (AvgIpc) is 3.51. The van der Waals surface area contributed by atoms with Crippen LogP contribution in [0.4, 0.5) is 0 Å². The Labute approximate surface area is 253 Å². The van der Waals surface area contributed by atoms with E-state index >= 15 is 0 Å². The minimum atomic E-state index is -0.972. The van der Waals surface area contributed by atoms with Gasteiger partial charge in [0.25, 0.3) is 0 Å². The topological polar surface area (TPSA) is 0 Å². The third-order valence-corrected chi connectivity index (χ3v) is 12.9. The predicted molar refractivity (Wildman–Crippen MR) is 150 cm³/mol. The fourth-order valence-electron chi connectivity index (χ4n) is 6.09. The van der Waals surface area contributed by atoms with Crippen LogP contribution in [0.3, 0.4) is 0 Å². The monoisotopic (exact) mass is 627 g/mol. The van der Waals surface area contributed by atoms with E-state index in [9.17, 15) is 0 Å². The summed E-state index contributed by atoms with van der Waals surface area (Å²) >= 11 is 1.94. The van der Waals surface area contributed by atoms with E-state index in [0.29, 0.717) is 5.92 Å². The Bertz CT molecular complexity index is 1340. The molecule has 1 atom stereocenters. The average molecular weight is 630 g/mol. The van der Waals surface area contributed by atoms with Crippen molar-refractivity contribution in [2.24, 2.45) is 0 Å². The molecule has 2 bridgehead atoms. The molecule has 0 spiro atoms. The molecule has 4 aromatic rings. The van der Waals surface area contributed by atoms with Crippen molar-refractivity contribution in [2.45, 2.75) is 65.1 Å². The van der Waals surface area contributed by atoms with Crippen LogP contribution in [0.15, 0.2) is 71.6 Å². The second-order valence-corrected chi connectivity index (χ2v) is 16.1. The molecule has 3 aromatic carbocycles. The van der Waals surface area contributed by atoms with Crippen LogP contribution >= 0.6 is 11.3 Å². The van der Waals surface area contributed by atoms with Gasteiger partial charge in [-0.05, 0) is 52.6 Å². The van der Waals surface area contributed by atoms with Crippen molar-refractivity contribution in [2.75, 3.05) is 0 Å². The summed E-state index contributed by atoms with van der Waals surface area (Å²) in [4.78, 5) is 1.63. The number of aryl methyl sites for hydroxylation is 1. The molecule has 3 aliphatic rings. The van der Waals surface area contributed by atoms with Gasteiger partial charge in [-0.3, -0.25) is 0 Å². The summed E-state index contributed by atoms with van der Waals surface area (Å²) in [5, 5.41) is 6.75. The minimum Gasteiger partial charge on any atom is -1.00 e. The van der Waals surface area contributed by atoms with Gasteiger partial charge in [0.15, 0.2) is 0 Å². The summed E-state index contributed by atoms with van der Waals surface area (Å²) in [5.74, 6) is 0.581. The molecule has 187 valence electrons. The molecule has 0 nitrogen and oxygen atoms in total. The van der Waals surface area contributed by atoms with Crippen molar-refractivity contribution in [3.8, 4) is 11.1 Å². The second kappa shape index (κ2) is 12.4. The van der Waals surface area contributed by atoms with Gasteiger partial charge < -0.3 is 24.8 Å². The number of fused-ring (bicyclic) bond motifs is 1. The molecule has 3 heterocycles. The largest absolute Gasteiger partial charge is 3.00 e. The molecule has 5 heteroatoms. The molecule has 1 aliphatic carbocycles. The first kappa shape index (κ1) is 31.4. The van der Waals surface area contributed by atoms with E-state index < -0.39 is 8.07 Å². The molecular formula is C31H35Cl2SSiZr. The van der Waals surface area contributed by atoms with Crippen LogP contribution in [0, 0.1) is 0 Å². The van der Waals surface area contributed by atoms with Crippen molar-refractivity contribution < 1.29 is 51.0 Å². The van der Waals surface area contributed by atoms with E-state index in [2.05, 4.69) is 107 Å². The van der Waals surface area contributed by atoms with Gasteiger partial charge in [-0.15, -0.1) is 45.9 Å². The molecule has 0 saturated carbocycles. The predicted octanol–water partition coefficient (Wildman–Crippen LogP) is 3.73. The Morgan fingerprint density at radius 1 is 1.00 bits per heavy atom. The molecule has 2 aliphatic heterocycles. The van der Waals surface area contributed by atoms with Crippen LogP contribution in [0.25, 0.3) is 27.1 Å². The molecular weight excluding hydrogens is 595 g/mol. The fourth-order valence-corrected chi connectivity index (χ4v) is 12.3. The van der Waals surface area contributed by atoms with E-state index in [1.807, 2.05) is 11.3 Å². The van der Waals surface area contributed by atoms with E-state index in [1.54, 1.807) is 21.2 Å². The van der Waals surface area contributed by atoms with E-state index in [-0.39, 0.29) is 51.0 Å². The van der Waals surface area contributed by atoms with Gasteiger partial charge in [-0.25, -0.2) is 0 Å². The zero-order chi connectivity index (χ0) is 23.3. The molecule has 1 unspecified atom stereocenters. The summed E-state index contributed by atoms with van der Waals surface area (Å²) in [5.41, 5.74) is 9.76. The van der Waals surface area contributed by atoms with E-state index in [1.165, 1.54) is 45.9 Å². The van der Waals surface area contributed by atoms with Crippen LogP contribution in [-0.4, -0.2) is 8.07 Å². The third kappa shape index (κ3) is 5.34. The summed E-state index contributed by atoms with van der Waals surface area (Å²) < 4.78 is 0. The first-order valence-electron chi connectivity index (χ1n) is 12.4. The van der Waals surface area contributed by atoms with Crippen LogP contribution in [0.5, 0.6) is 0 Å². The molecule has 36 heavy (non-hydrogen) atoms. The maximum atomic E-state index is 2.51. The number of thiophene rings is 1. The van der Waals surface area contributed by atoms with Crippen LogP contribution in [0.2, 0.25) is 13.1 Å². The molecule has 1 radical (unpaired) electrons. The van der Waals surface area contributed by atoms with Gasteiger partial charge in [-0.1, -0.05) is 81.8 Å². The quantitative estimate of drug-likeness (QED) is 0.239. The molecule has 0 amide bonds. The van der Waals surface area contributed by atoms with Gasteiger partial charge in [0.1, 0.15) is 0 Å². The summed E-state index contributed by atoms with van der Waals surface area (Å²) in [6.07, 6.45) is 2.37. The Balaban J connectivity index is 0.000000261. The minimum absolute atomic E-state index is 0. The molecule has 1 aromatic heterocycles. The van der Waals surface area contributed by atoms with Crippen molar-refractivity contribution in [3.63, 3.8) is 0 Å². The van der Waals surface area contributed by atoms with Gasteiger partial charge in [0, 0.05) is 10.4 Å². The van der Waals surface area contributed by atoms with Gasteiger partial charge in [0.05, 0.1) is 8.07 Å². The van der Waals surface area contributed by atoms with Gasteiger partial charge in [0.2, 0.25) is 0 Å². The van der Waals surface area contributed by atoms with Gasteiger partial charge in [-0.2, -0.15) is 6.07 Å². The standard InChI is InChI=1S/C21H23.C10H12SSi.2ClH.Zr/c1-4-6-16-9-11-17(12-10-16)20-8-5-7-18-13-19(15(2)3)14-21(18)20;1-6-9-7-4-5-11-8(7)10(6)12(9,2)3;;;/h5,7-15H,4,6H2,1-3H3;4-5,9H,1-3H3;2*1H;/q-1;;;;+3/p-2. The Morgan fingerprint density at radius 2 is 1.69 bits per heavy atom. The SMILES string of the molecule is CC1=C2c3sccc3C1[Si]2(C)C.CCCc1ccc(-c2cccc3[cH-]c(C(C)C)cc23)cc1.[Cl-].[Cl-].[Zr+3]. The van der Waals surface area contributed by atoms with Crippen molar-refractivity contribution >= 4 is 35.4 Å². The number of allylic oxidation sites excluding steroid dienone is 1. The first-order chi connectivity index (χ1) is 15.8. The smallest absolute Gasteiger partial charge is 1.00 e. The number of rotatable bonds is 4. The zero-order valence-electron chi connectivity index (χ0n) is 22.1. The molecule has 0 saturated heterocycles. The molecule has 0 N–H and O–H groups in total. The summed E-state index contributed by atoms with van der Waals surface area (Å²) in [6, 6.07) is 22.7. The molecule has 7 rings (SSSR count). The number of benzene rings is 2. The first-order valence-corrected chi connectivity index (χ1v) is 16.4. The number of hydrogen-bond acceptors (Lipinski definition) is 1. The summed E-state index contributed by atoms with van der Waals surface area (Å²) in [7, 11) is -0.972. The summed E-state index contributed by atoms with van der Waals surface area (Å²) in [6.45, 7) is 14.1. The fraction of sp³-hybridized carbons (Fsp3) is 0.323. The second-order valence-electron chi connectivity index (χ2n) is 10.6. The van der Waals surface area contributed by atoms with Crippen molar-refractivity contribution in [1.29, 1.82) is 0 Å². The Morgan fingerprint density at radius 3 is 2.28 bits per heavy atom. The van der Waals surface area contributed by atoms with Gasteiger partial charge >= 0.3 is 26.2 Å². The third-order valence-electron chi connectivity index (χ3n) is 7.67. The number of halogens is 2. The normalized spacial score (nSPS) is 16.2. The van der Waals surface area contributed by atoms with Crippen molar-refractivity contribution in [3.05, 3.63) is 93.2 Å². The van der Waals surface area contributed by atoms with E-state index in [4.69, 9.17) is 0 Å². The Hall–Kier alpha value is -0.830. The molecule has 0 fully saturated rings.